The Morgan fingerprint density at radius 3 is 2.82 bits per heavy atom. The normalized spacial score (nSPS) is 11.4. The number of fused-ring (bicyclic) bond motifs is 3. The number of nitrogens with one attached hydrogen (secondary N) is 1. The number of aromatic nitrogens is 4. The molecular formula is C15H19N5O2. The summed E-state index contributed by atoms with van der Waals surface area (Å²) in [4.78, 5) is 4.69. The topological polar surface area (TPSA) is 73.6 Å². The summed E-state index contributed by atoms with van der Waals surface area (Å²) < 4.78 is 12.2. The summed E-state index contributed by atoms with van der Waals surface area (Å²) in [5.74, 6) is 1.41. The van der Waals surface area contributed by atoms with Gasteiger partial charge in [0, 0.05) is 26.2 Å². The zero-order chi connectivity index (χ0) is 15.5. The second-order valence-electron chi connectivity index (χ2n) is 5.08. The summed E-state index contributed by atoms with van der Waals surface area (Å²) in [6.07, 6.45) is 0. The second kappa shape index (κ2) is 6.25. The lowest BCUT2D eigenvalue weighted by Crippen LogP contribution is -2.13. The monoisotopic (exact) mass is 301 g/mol. The van der Waals surface area contributed by atoms with Crippen LogP contribution >= 0.6 is 0 Å². The molecule has 0 saturated heterocycles. The molecule has 3 rings (SSSR count). The van der Waals surface area contributed by atoms with Gasteiger partial charge in [-0.25, -0.2) is 9.38 Å². The molecule has 1 N–H and O–H groups in total. The highest BCUT2D eigenvalue weighted by Gasteiger charge is 2.14. The largest absolute Gasteiger partial charge is 0.383 e. The van der Waals surface area contributed by atoms with E-state index in [9.17, 15) is 0 Å². The third kappa shape index (κ3) is 2.60. The molecule has 7 nitrogen and oxygen atoms in total. The SMILES string of the molecule is COCCNc1nc2ccc(C)cc2c2nnc(COC)n12. The van der Waals surface area contributed by atoms with Gasteiger partial charge >= 0.3 is 0 Å². The molecule has 0 radical (unpaired) electrons. The lowest BCUT2D eigenvalue weighted by Gasteiger charge is -2.11. The van der Waals surface area contributed by atoms with Crippen LogP contribution in [-0.2, 0) is 16.1 Å². The van der Waals surface area contributed by atoms with Gasteiger partial charge in [-0.1, -0.05) is 11.6 Å². The molecule has 0 amide bonds. The number of nitrogens with zero attached hydrogens (tertiary/aromatic N) is 4. The summed E-state index contributed by atoms with van der Waals surface area (Å²) in [5, 5.41) is 12.8. The average Bonchev–Trinajstić information content (AvgIpc) is 2.93. The van der Waals surface area contributed by atoms with E-state index < -0.39 is 0 Å². The molecule has 0 fully saturated rings. The highest BCUT2D eigenvalue weighted by Crippen LogP contribution is 2.23. The highest BCUT2D eigenvalue weighted by molar-refractivity contribution is 5.92. The minimum atomic E-state index is 0.374. The number of hydrogen-bond acceptors (Lipinski definition) is 6. The smallest absolute Gasteiger partial charge is 0.210 e. The lowest BCUT2D eigenvalue weighted by molar-refractivity contribution is 0.177. The van der Waals surface area contributed by atoms with Crippen LogP contribution in [0.25, 0.3) is 16.6 Å². The molecule has 0 aliphatic heterocycles. The fourth-order valence-corrected chi connectivity index (χ4v) is 2.41. The molecule has 0 bridgehead atoms. The first kappa shape index (κ1) is 14.7. The zero-order valence-electron chi connectivity index (χ0n) is 13.0. The molecule has 116 valence electrons. The maximum Gasteiger partial charge on any atom is 0.210 e. The summed E-state index contributed by atoms with van der Waals surface area (Å²) in [6.45, 7) is 3.67. The van der Waals surface area contributed by atoms with Crippen molar-refractivity contribution in [1.82, 2.24) is 19.6 Å². The molecule has 0 aliphatic carbocycles. The van der Waals surface area contributed by atoms with Crippen LogP contribution in [0.2, 0.25) is 0 Å². The van der Waals surface area contributed by atoms with Gasteiger partial charge in [0.2, 0.25) is 5.95 Å². The van der Waals surface area contributed by atoms with Gasteiger partial charge in [0.25, 0.3) is 0 Å². The van der Waals surface area contributed by atoms with Crippen LogP contribution in [-0.4, -0.2) is 47.0 Å². The van der Waals surface area contributed by atoms with Crippen LogP contribution in [0.3, 0.4) is 0 Å². The van der Waals surface area contributed by atoms with Crippen LogP contribution in [0.5, 0.6) is 0 Å². The van der Waals surface area contributed by atoms with E-state index in [0.717, 1.165) is 22.1 Å². The summed E-state index contributed by atoms with van der Waals surface area (Å²) in [7, 11) is 3.31. The maximum absolute atomic E-state index is 5.21. The minimum absolute atomic E-state index is 0.374. The standard InChI is InChI=1S/C15H19N5O2/c1-10-4-5-12-11(8-10)14-19-18-13(9-22-3)20(14)15(17-12)16-6-7-21-2/h4-5,8H,6-7,9H2,1-3H3,(H,16,17). The van der Waals surface area contributed by atoms with Gasteiger partial charge in [-0.05, 0) is 19.1 Å². The van der Waals surface area contributed by atoms with Gasteiger partial charge in [0.05, 0.1) is 12.1 Å². The van der Waals surface area contributed by atoms with E-state index >= 15 is 0 Å². The Balaban J connectivity index is 2.20. The number of hydrogen-bond donors (Lipinski definition) is 1. The molecule has 2 aromatic heterocycles. The Morgan fingerprint density at radius 1 is 1.18 bits per heavy atom. The third-order valence-corrected chi connectivity index (χ3v) is 3.42. The first-order valence-electron chi connectivity index (χ1n) is 7.10. The van der Waals surface area contributed by atoms with Crippen molar-refractivity contribution in [3.05, 3.63) is 29.6 Å². The molecule has 22 heavy (non-hydrogen) atoms. The van der Waals surface area contributed by atoms with E-state index in [1.807, 2.05) is 23.5 Å². The van der Waals surface area contributed by atoms with Crippen LogP contribution in [0.15, 0.2) is 18.2 Å². The molecule has 0 aliphatic rings. The number of anilines is 1. The second-order valence-corrected chi connectivity index (χ2v) is 5.08. The van der Waals surface area contributed by atoms with Crippen molar-refractivity contribution in [3.8, 4) is 0 Å². The Kier molecular flexibility index (Phi) is 4.17. The molecule has 2 heterocycles. The lowest BCUT2D eigenvalue weighted by atomic mass is 10.1. The Labute approximate surface area is 128 Å². The minimum Gasteiger partial charge on any atom is -0.383 e. The van der Waals surface area contributed by atoms with Crippen molar-refractivity contribution >= 4 is 22.5 Å². The molecular weight excluding hydrogens is 282 g/mol. The Hall–Kier alpha value is -2.25. The molecule has 0 saturated carbocycles. The van der Waals surface area contributed by atoms with Crippen LogP contribution in [0.4, 0.5) is 5.95 Å². The average molecular weight is 301 g/mol. The fraction of sp³-hybridized carbons (Fsp3) is 0.400. The van der Waals surface area contributed by atoms with Gasteiger partial charge in [0.15, 0.2) is 11.5 Å². The number of methoxy groups -OCH3 is 2. The Morgan fingerprint density at radius 2 is 2.05 bits per heavy atom. The Bertz CT molecular complexity index is 799. The van der Waals surface area contributed by atoms with Crippen LogP contribution < -0.4 is 5.32 Å². The molecule has 0 unspecified atom stereocenters. The zero-order valence-corrected chi connectivity index (χ0v) is 13.0. The van der Waals surface area contributed by atoms with Gasteiger partial charge < -0.3 is 14.8 Å². The van der Waals surface area contributed by atoms with Gasteiger partial charge in [-0.3, -0.25) is 0 Å². The van der Waals surface area contributed by atoms with Crippen LogP contribution in [0.1, 0.15) is 11.4 Å². The maximum atomic E-state index is 5.21. The van der Waals surface area contributed by atoms with Gasteiger partial charge in [-0.15, -0.1) is 10.2 Å². The third-order valence-electron chi connectivity index (χ3n) is 3.42. The van der Waals surface area contributed by atoms with Crippen molar-refractivity contribution in [2.75, 3.05) is 32.7 Å². The predicted octanol–water partition coefficient (Wildman–Crippen LogP) is 1.79. The van der Waals surface area contributed by atoms with E-state index in [0.29, 0.717) is 31.5 Å². The van der Waals surface area contributed by atoms with Crippen molar-refractivity contribution in [2.45, 2.75) is 13.5 Å². The quantitative estimate of drug-likeness (QED) is 0.700. The van der Waals surface area contributed by atoms with Crippen molar-refractivity contribution < 1.29 is 9.47 Å². The number of aryl methyl sites for hydroxylation is 1. The van der Waals surface area contributed by atoms with Crippen molar-refractivity contribution in [2.24, 2.45) is 0 Å². The van der Waals surface area contributed by atoms with E-state index in [1.165, 1.54) is 0 Å². The molecule has 0 atom stereocenters. The van der Waals surface area contributed by atoms with E-state index in [4.69, 9.17) is 14.5 Å². The molecule has 7 heteroatoms. The molecule has 1 aromatic carbocycles. The molecule has 3 aromatic rings. The number of ether oxygens (including phenoxy) is 2. The summed E-state index contributed by atoms with van der Waals surface area (Å²) >= 11 is 0. The van der Waals surface area contributed by atoms with Crippen molar-refractivity contribution in [3.63, 3.8) is 0 Å². The van der Waals surface area contributed by atoms with Gasteiger partial charge in [0.1, 0.15) is 6.61 Å². The van der Waals surface area contributed by atoms with Gasteiger partial charge in [-0.2, -0.15) is 0 Å². The predicted molar refractivity (Wildman–Crippen MR) is 84.1 cm³/mol. The van der Waals surface area contributed by atoms with E-state index in [1.54, 1.807) is 14.2 Å². The first-order chi connectivity index (χ1) is 10.7. The number of rotatable bonds is 6. The summed E-state index contributed by atoms with van der Waals surface area (Å²) in [6, 6.07) is 6.11. The number of benzene rings is 1. The van der Waals surface area contributed by atoms with E-state index in [-0.39, 0.29) is 0 Å². The van der Waals surface area contributed by atoms with Crippen LogP contribution in [0, 0.1) is 6.92 Å². The molecule has 0 spiro atoms. The fourth-order valence-electron chi connectivity index (χ4n) is 2.41. The van der Waals surface area contributed by atoms with Crippen molar-refractivity contribution in [1.29, 1.82) is 0 Å². The first-order valence-corrected chi connectivity index (χ1v) is 7.10. The highest BCUT2D eigenvalue weighted by atomic mass is 16.5. The summed E-state index contributed by atoms with van der Waals surface area (Å²) in [5.41, 5.74) is 2.82. The van der Waals surface area contributed by atoms with E-state index in [2.05, 4.69) is 21.6 Å².